The highest BCUT2D eigenvalue weighted by molar-refractivity contribution is 8.07. The topological polar surface area (TPSA) is 12.0 Å². The average molecular weight is 302 g/mol. The molecule has 100 valence electrons. The van der Waals surface area contributed by atoms with E-state index in [-0.39, 0.29) is 0 Å². The van der Waals surface area contributed by atoms with Crippen LogP contribution >= 0.6 is 35.1 Å². The van der Waals surface area contributed by atoms with Gasteiger partial charge in [0.25, 0.3) is 0 Å². The average Bonchev–Trinajstić information content (AvgIpc) is 2.37. The van der Waals surface area contributed by atoms with Gasteiger partial charge in [0.15, 0.2) is 0 Å². The molecular weight excluding hydrogens is 282 g/mol. The van der Waals surface area contributed by atoms with Gasteiger partial charge in [-0.1, -0.05) is 43.6 Å². The summed E-state index contributed by atoms with van der Waals surface area (Å²) in [6, 6.07) is 8.52. The third kappa shape index (κ3) is 3.19. The molecule has 0 aromatic heterocycles. The number of benzene rings is 1. The number of thioether (sulfide) groups is 2. The predicted octanol–water partition coefficient (Wildman–Crippen LogP) is 4.23. The number of hydrogen-bond donors (Lipinski definition) is 1. The number of rotatable bonds is 3. The first-order valence-corrected chi connectivity index (χ1v) is 8.69. The molecule has 0 saturated carbocycles. The summed E-state index contributed by atoms with van der Waals surface area (Å²) >= 11 is 10.5. The van der Waals surface area contributed by atoms with Crippen molar-refractivity contribution in [3.63, 3.8) is 0 Å². The van der Waals surface area contributed by atoms with E-state index in [9.17, 15) is 0 Å². The van der Waals surface area contributed by atoms with Crippen LogP contribution < -0.4 is 5.32 Å². The highest BCUT2D eigenvalue weighted by atomic mass is 35.5. The van der Waals surface area contributed by atoms with Crippen LogP contribution in [0.1, 0.15) is 25.5 Å². The van der Waals surface area contributed by atoms with E-state index in [2.05, 4.69) is 54.8 Å². The lowest BCUT2D eigenvalue weighted by Gasteiger charge is -2.36. The molecule has 1 heterocycles. The maximum atomic E-state index is 6.33. The SMILES string of the molecule is CNC(c1ccccc1Cl)C1CSC(C)C(C)S1. The quantitative estimate of drug-likeness (QED) is 0.897. The van der Waals surface area contributed by atoms with Gasteiger partial charge in [0.1, 0.15) is 0 Å². The Hall–Kier alpha value is 0.170. The van der Waals surface area contributed by atoms with Crippen LogP contribution in [-0.2, 0) is 0 Å². The second-order valence-electron chi connectivity index (χ2n) is 4.71. The molecule has 0 radical (unpaired) electrons. The number of hydrogen-bond acceptors (Lipinski definition) is 3. The minimum absolute atomic E-state index is 0.339. The van der Waals surface area contributed by atoms with Crippen LogP contribution in [0.5, 0.6) is 0 Å². The summed E-state index contributed by atoms with van der Waals surface area (Å²) < 4.78 is 0. The van der Waals surface area contributed by atoms with E-state index < -0.39 is 0 Å². The summed E-state index contributed by atoms with van der Waals surface area (Å²) in [7, 11) is 2.03. The minimum Gasteiger partial charge on any atom is -0.312 e. The largest absolute Gasteiger partial charge is 0.312 e. The first-order valence-electron chi connectivity index (χ1n) is 6.32. The van der Waals surface area contributed by atoms with Crippen LogP contribution in [0.25, 0.3) is 0 Å². The van der Waals surface area contributed by atoms with Crippen LogP contribution in [0.2, 0.25) is 5.02 Å². The molecule has 2 rings (SSSR count). The summed E-state index contributed by atoms with van der Waals surface area (Å²) in [5.41, 5.74) is 1.22. The maximum absolute atomic E-state index is 6.33. The van der Waals surface area contributed by atoms with Gasteiger partial charge in [-0.05, 0) is 18.7 Å². The summed E-state index contributed by atoms with van der Waals surface area (Å²) in [4.78, 5) is 0. The van der Waals surface area contributed by atoms with Crippen molar-refractivity contribution in [3.05, 3.63) is 34.9 Å². The van der Waals surface area contributed by atoms with Gasteiger partial charge in [-0.2, -0.15) is 23.5 Å². The van der Waals surface area contributed by atoms with E-state index >= 15 is 0 Å². The highest BCUT2D eigenvalue weighted by Gasteiger charge is 2.32. The zero-order valence-corrected chi connectivity index (χ0v) is 13.4. The standard InChI is InChI=1S/C14H20ClNS2/c1-9-10(2)18-13(8-17-9)14(16-3)11-6-4-5-7-12(11)15/h4-7,9-10,13-14,16H,8H2,1-3H3. The van der Waals surface area contributed by atoms with Gasteiger partial charge >= 0.3 is 0 Å². The van der Waals surface area contributed by atoms with Crippen LogP contribution in [0.3, 0.4) is 0 Å². The smallest absolute Gasteiger partial charge is 0.0461 e. The molecule has 0 amide bonds. The first kappa shape index (κ1) is 14.6. The molecule has 1 aliphatic rings. The van der Waals surface area contributed by atoms with Crippen molar-refractivity contribution < 1.29 is 0 Å². The molecule has 4 unspecified atom stereocenters. The van der Waals surface area contributed by atoms with E-state index in [0.717, 1.165) is 10.3 Å². The molecule has 1 aromatic rings. The molecule has 1 aromatic carbocycles. The Morgan fingerprint density at radius 3 is 2.61 bits per heavy atom. The van der Waals surface area contributed by atoms with Gasteiger partial charge in [-0.3, -0.25) is 0 Å². The molecule has 1 saturated heterocycles. The zero-order chi connectivity index (χ0) is 13.1. The summed E-state index contributed by atoms with van der Waals surface area (Å²) in [5.74, 6) is 1.19. The first-order chi connectivity index (χ1) is 8.63. The van der Waals surface area contributed by atoms with Crippen molar-refractivity contribution in [2.45, 2.75) is 35.6 Å². The Labute approximate surface area is 123 Å². The monoisotopic (exact) mass is 301 g/mol. The van der Waals surface area contributed by atoms with Crippen LogP contribution in [0.15, 0.2) is 24.3 Å². The lowest BCUT2D eigenvalue weighted by atomic mass is 10.0. The van der Waals surface area contributed by atoms with Crippen molar-refractivity contribution in [3.8, 4) is 0 Å². The van der Waals surface area contributed by atoms with Crippen molar-refractivity contribution in [1.82, 2.24) is 5.32 Å². The Balaban J connectivity index is 2.17. The summed E-state index contributed by atoms with van der Waals surface area (Å²) in [6.45, 7) is 4.65. The Morgan fingerprint density at radius 1 is 1.28 bits per heavy atom. The van der Waals surface area contributed by atoms with Gasteiger partial charge in [-0.15, -0.1) is 0 Å². The number of halogens is 1. The molecule has 18 heavy (non-hydrogen) atoms. The number of nitrogens with one attached hydrogen (secondary N) is 1. The molecular formula is C14H20ClNS2. The maximum Gasteiger partial charge on any atom is 0.0461 e. The van der Waals surface area contributed by atoms with E-state index in [1.807, 2.05) is 19.2 Å². The second-order valence-corrected chi connectivity index (χ2v) is 8.14. The van der Waals surface area contributed by atoms with Gasteiger partial charge in [-0.25, -0.2) is 0 Å². The molecule has 1 fully saturated rings. The van der Waals surface area contributed by atoms with E-state index in [1.54, 1.807) is 0 Å². The summed E-state index contributed by atoms with van der Waals surface area (Å²) in [5, 5.41) is 6.35. The van der Waals surface area contributed by atoms with Crippen molar-refractivity contribution in [2.75, 3.05) is 12.8 Å². The molecule has 1 nitrogen and oxygen atoms in total. The molecule has 0 aliphatic carbocycles. The van der Waals surface area contributed by atoms with Crippen LogP contribution in [-0.4, -0.2) is 28.6 Å². The normalized spacial score (nSPS) is 30.1. The molecule has 1 aliphatic heterocycles. The highest BCUT2D eigenvalue weighted by Crippen LogP contribution is 2.41. The van der Waals surface area contributed by atoms with Gasteiger partial charge in [0.05, 0.1) is 0 Å². The Kier molecular flexibility index (Phi) is 5.31. The summed E-state index contributed by atoms with van der Waals surface area (Å²) in [6.07, 6.45) is 0. The second kappa shape index (κ2) is 6.56. The van der Waals surface area contributed by atoms with Crippen molar-refractivity contribution >= 4 is 35.1 Å². The van der Waals surface area contributed by atoms with Crippen LogP contribution in [0.4, 0.5) is 0 Å². The van der Waals surface area contributed by atoms with E-state index in [1.165, 1.54) is 11.3 Å². The minimum atomic E-state index is 0.339. The molecule has 0 spiro atoms. The molecule has 0 bridgehead atoms. The molecule has 1 N–H and O–H groups in total. The van der Waals surface area contributed by atoms with E-state index in [4.69, 9.17) is 11.6 Å². The third-order valence-corrected chi connectivity index (χ3v) is 7.34. The Morgan fingerprint density at radius 2 is 2.00 bits per heavy atom. The van der Waals surface area contributed by atoms with Crippen molar-refractivity contribution in [1.29, 1.82) is 0 Å². The Bertz CT molecular complexity index is 399. The van der Waals surface area contributed by atoms with Gasteiger partial charge in [0, 0.05) is 32.6 Å². The van der Waals surface area contributed by atoms with Gasteiger partial charge in [0.2, 0.25) is 0 Å². The zero-order valence-electron chi connectivity index (χ0n) is 11.0. The fourth-order valence-electron chi connectivity index (χ4n) is 2.25. The van der Waals surface area contributed by atoms with E-state index in [0.29, 0.717) is 16.5 Å². The van der Waals surface area contributed by atoms with Gasteiger partial charge < -0.3 is 5.32 Å². The predicted molar refractivity (Wildman–Crippen MR) is 86.0 cm³/mol. The van der Waals surface area contributed by atoms with Crippen LogP contribution in [0, 0.1) is 0 Å². The lowest BCUT2D eigenvalue weighted by Crippen LogP contribution is -2.35. The fraction of sp³-hybridized carbons (Fsp3) is 0.571. The van der Waals surface area contributed by atoms with Crippen molar-refractivity contribution in [2.24, 2.45) is 0 Å². The molecule has 4 heteroatoms. The third-order valence-electron chi connectivity index (χ3n) is 3.50. The lowest BCUT2D eigenvalue weighted by molar-refractivity contribution is 0.588. The fourth-order valence-corrected chi connectivity index (χ4v) is 5.65. The molecule has 4 atom stereocenters.